The van der Waals surface area contributed by atoms with Gasteiger partial charge in [-0.25, -0.2) is 0 Å². The number of rotatable bonds is 6. The lowest BCUT2D eigenvalue weighted by Gasteiger charge is -2.64. The van der Waals surface area contributed by atoms with Gasteiger partial charge in [-0.05, 0) is 17.7 Å². The zero-order valence-electron chi connectivity index (χ0n) is 20.9. The highest BCUT2D eigenvalue weighted by molar-refractivity contribution is 6.04. The van der Waals surface area contributed by atoms with E-state index in [1.165, 1.54) is 37.4 Å². The number of ether oxygens (including phenoxy) is 2. The monoisotopic (exact) mass is 571 g/mol. The third-order valence-corrected chi connectivity index (χ3v) is 7.58. The van der Waals surface area contributed by atoms with Crippen molar-refractivity contribution >= 4 is 5.78 Å². The molecule has 1 saturated heterocycles. The SMILES string of the molecule is COc1cc2c(cc1OC)C(O)(O)C(C(O)C1(O)C(O)(O)C(O)(O)N(Cc3ccccc3)C(O)(O)C1(O)O)C2=O. The Hall–Kier alpha value is -2.81. The number of carbonyl (C=O) groups is 1. The van der Waals surface area contributed by atoms with Crippen LogP contribution >= 0.6 is 0 Å². The van der Waals surface area contributed by atoms with Crippen molar-refractivity contribution in [2.45, 2.75) is 47.4 Å². The maximum Gasteiger partial charge on any atom is 0.289 e. The van der Waals surface area contributed by atoms with Crippen molar-refractivity contribution in [1.82, 2.24) is 4.90 Å². The van der Waals surface area contributed by atoms with E-state index in [1.54, 1.807) is 0 Å². The van der Waals surface area contributed by atoms with Crippen LogP contribution in [0.2, 0.25) is 0 Å². The molecular weight excluding hydrogens is 542 g/mol. The maximum atomic E-state index is 13.3. The van der Waals surface area contributed by atoms with Gasteiger partial charge in [0.1, 0.15) is 12.0 Å². The Balaban J connectivity index is 1.88. The molecule has 0 radical (unpaired) electrons. The minimum atomic E-state index is -4.77. The fourth-order valence-corrected chi connectivity index (χ4v) is 5.26. The third-order valence-electron chi connectivity index (χ3n) is 7.58. The van der Waals surface area contributed by atoms with Crippen LogP contribution in [0.4, 0.5) is 0 Å². The van der Waals surface area contributed by atoms with Crippen LogP contribution in [0.25, 0.3) is 0 Å². The van der Waals surface area contributed by atoms with E-state index in [1.807, 2.05) is 0 Å². The fourth-order valence-electron chi connectivity index (χ4n) is 5.26. The van der Waals surface area contributed by atoms with Gasteiger partial charge in [-0.3, -0.25) is 4.79 Å². The van der Waals surface area contributed by atoms with E-state index < -0.39 is 75.2 Å². The molecule has 2 atom stereocenters. The molecule has 0 saturated carbocycles. The van der Waals surface area contributed by atoms with E-state index in [0.29, 0.717) is 0 Å². The molecule has 4 rings (SSSR count). The minimum absolute atomic E-state index is 0.0223. The molecule has 0 aromatic heterocycles. The normalized spacial score (nSPS) is 26.1. The summed E-state index contributed by atoms with van der Waals surface area (Å²) in [6.45, 7) is -1.05. The van der Waals surface area contributed by atoms with Crippen molar-refractivity contribution in [1.29, 1.82) is 0 Å². The van der Waals surface area contributed by atoms with E-state index >= 15 is 0 Å². The highest BCUT2D eigenvalue weighted by Gasteiger charge is 2.87. The molecule has 2 unspecified atom stereocenters. The standard InChI is InChI=1S/C24H29NO15/c1-39-14-8-12-13(9-15(14)40-2)19(28,29)16(17(12)26)18(27)20(30)21(31,32)23(35,36)25(24(37,38)22(20,33)34)10-11-6-4-3-5-7-11/h3-9,16,18,27-38H,10H2,1-2H3. The molecule has 16 heteroatoms. The second-order valence-corrected chi connectivity index (χ2v) is 9.72. The number of carbonyl (C=O) groups excluding carboxylic acids is 1. The van der Waals surface area contributed by atoms with E-state index in [9.17, 15) is 66.1 Å². The second-order valence-electron chi connectivity index (χ2n) is 9.72. The quantitative estimate of drug-likeness (QED) is 0.144. The Morgan fingerprint density at radius 3 is 1.75 bits per heavy atom. The molecule has 2 aromatic carbocycles. The average Bonchev–Trinajstić information content (AvgIpc) is 3.08. The third kappa shape index (κ3) is 3.58. The van der Waals surface area contributed by atoms with Gasteiger partial charge in [0.05, 0.1) is 14.2 Å². The second kappa shape index (κ2) is 9.10. The van der Waals surface area contributed by atoms with Crippen molar-refractivity contribution in [2.75, 3.05) is 14.2 Å². The predicted molar refractivity (Wildman–Crippen MR) is 125 cm³/mol. The van der Waals surface area contributed by atoms with Crippen molar-refractivity contribution in [3.63, 3.8) is 0 Å². The van der Waals surface area contributed by atoms with Crippen LogP contribution in [0.5, 0.6) is 11.5 Å². The zero-order chi connectivity index (χ0) is 30.3. The molecule has 2 aromatic rings. The first-order chi connectivity index (χ1) is 18.3. The van der Waals surface area contributed by atoms with Crippen LogP contribution in [-0.2, 0) is 12.3 Å². The molecule has 40 heavy (non-hydrogen) atoms. The lowest BCUT2D eigenvalue weighted by molar-refractivity contribution is -0.604. The summed E-state index contributed by atoms with van der Waals surface area (Å²) in [4.78, 5) is 12.8. The first-order valence-corrected chi connectivity index (χ1v) is 11.5. The number of fused-ring (bicyclic) bond motifs is 1. The summed E-state index contributed by atoms with van der Waals surface area (Å²) in [5.41, 5.74) is -5.97. The molecule has 0 spiro atoms. The number of benzene rings is 2. The molecule has 0 amide bonds. The number of methoxy groups -OCH3 is 2. The number of hydrogen-bond acceptors (Lipinski definition) is 16. The van der Waals surface area contributed by atoms with Crippen molar-refractivity contribution < 1.29 is 75.5 Å². The van der Waals surface area contributed by atoms with Crippen LogP contribution in [-0.4, -0.2) is 121 Å². The summed E-state index contributed by atoms with van der Waals surface area (Å²) in [6.07, 6.45) is -3.49. The maximum absolute atomic E-state index is 13.3. The summed E-state index contributed by atoms with van der Waals surface area (Å²) < 4.78 is 10.1. The summed E-state index contributed by atoms with van der Waals surface area (Å²) in [5, 5.41) is 131. The predicted octanol–water partition coefficient (Wildman–Crippen LogP) is -5.10. The Morgan fingerprint density at radius 1 is 0.800 bits per heavy atom. The summed E-state index contributed by atoms with van der Waals surface area (Å²) in [5.74, 6) is -26.5. The van der Waals surface area contributed by atoms with Crippen molar-refractivity contribution in [3.8, 4) is 11.5 Å². The van der Waals surface area contributed by atoms with E-state index in [4.69, 9.17) is 9.47 Å². The minimum Gasteiger partial charge on any atom is -0.493 e. The summed E-state index contributed by atoms with van der Waals surface area (Å²) in [6, 6.07) is 8.77. The molecular formula is C24H29NO15. The number of Topliss-reactive ketones (excluding diaryl/α,β-unsaturated/α-hetero) is 1. The van der Waals surface area contributed by atoms with Gasteiger partial charge in [-0.1, -0.05) is 30.3 Å². The van der Waals surface area contributed by atoms with Crippen LogP contribution in [0.15, 0.2) is 42.5 Å². The Kier molecular flexibility index (Phi) is 6.86. The van der Waals surface area contributed by atoms with Gasteiger partial charge in [-0.15, -0.1) is 0 Å². The molecule has 2 aliphatic rings. The number of ketones is 1. The first-order valence-electron chi connectivity index (χ1n) is 11.5. The van der Waals surface area contributed by atoms with Crippen LogP contribution in [0.3, 0.4) is 0 Å². The smallest absolute Gasteiger partial charge is 0.289 e. The molecule has 220 valence electrons. The number of hydrogen-bond donors (Lipinski definition) is 12. The average molecular weight is 571 g/mol. The highest BCUT2D eigenvalue weighted by Crippen LogP contribution is 2.56. The van der Waals surface area contributed by atoms with E-state index in [0.717, 1.165) is 19.2 Å². The lowest BCUT2D eigenvalue weighted by Crippen LogP contribution is -2.95. The molecule has 1 aliphatic carbocycles. The van der Waals surface area contributed by atoms with Crippen LogP contribution < -0.4 is 9.47 Å². The number of nitrogens with zero attached hydrogens (tertiary/aromatic N) is 1. The lowest BCUT2D eigenvalue weighted by atomic mass is 9.66. The molecule has 12 N–H and O–H groups in total. The number of aliphatic hydroxyl groups is 12. The van der Waals surface area contributed by atoms with Gasteiger partial charge >= 0.3 is 0 Å². The Labute approximate surface area is 225 Å². The largest absolute Gasteiger partial charge is 0.493 e. The van der Waals surface area contributed by atoms with Gasteiger partial charge in [0, 0.05) is 17.7 Å². The van der Waals surface area contributed by atoms with Gasteiger partial charge in [0.15, 0.2) is 17.3 Å². The van der Waals surface area contributed by atoms with Gasteiger partial charge < -0.3 is 70.8 Å². The van der Waals surface area contributed by atoms with E-state index in [2.05, 4.69) is 0 Å². The zero-order valence-corrected chi connectivity index (χ0v) is 20.9. The molecule has 1 aliphatic heterocycles. The molecule has 1 heterocycles. The van der Waals surface area contributed by atoms with Gasteiger partial charge in [-0.2, -0.15) is 4.90 Å². The highest BCUT2D eigenvalue weighted by atomic mass is 16.7. The van der Waals surface area contributed by atoms with Gasteiger partial charge in [0.25, 0.3) is 23.4 Å². The van der Waals surface area contributed by atoms with Gasteiger partial charge in [0.2, 0.25) is 11.4 Å². The number of aliphatic hydroxyl groups excluding tert-OH is 1. The first kappa shape index (κ1) is 30.2. The van der Waals surface area contributed by atoms with E-state index in [-0.39, 0.29) is 17.1 Å². The fraction of sp³-hybridized carbons (Fsp3) is 0.458. The summed E-state index contributed by atoms with van der Waals surface area (Å²) in [7, 11) is 2.34. The topological polar surface area (TPSA) is 282 Å². The summed E-state index contributed by atoms with van der Waals surface area (Å²) >= 11 is 0. The number of likely N-dealkylation sites (tertiary alicyclic amines) is 1. The Morgan fingerprint density at radius 2 is 1.27 bits per heavy atom. The number of piperidine rings is 1. The van der Waals surface area contributed by atoms with Crippen molar-refractivity contribution in [3.05, 3.63) is 59.2 Å². The molecule has 16 nitrogen and oxygen atoms in total. The van der Waals surface area contributed by atoms with Crippen LogP contribution in [0.1, 0.15) is 21.5 Å². The molecule has 0 bridgehead atoms. The Bertz CT molecular complexity index is 1280. The molecule has 1 fully saturated rings. The van der Waals surface area contributed by atoms with Crippen molar-refractivity contribution in [2.24, 2.45) is 5.92 Å². The van der Waals surface area contributed by atoms with Crippen LogP contribution in [0, 0.1) is 5.92 Å².